The first-order valence-electron chi connectivity index (χ1n) is 27.0. The highest BCUT2D eigenvalue weighted by atomic mass is 19.1. The van der Waals surface area contributed by atoms with E-state index < -0.39 is 141 Å². The largest absolute Gasteiger partial charge is 0.459 e. The number of fused-ring (bicyclic) bond motifs is 10. The molecule has 412 valence electrons. The predicted octanol–water partition coefficient (Wildman–Crippen LogP) is 8.21. The fourth-order valence-electron chi connectivity index (χ4n) is 16.3. The van der Waals surface area contributed by atoms with Crippen molar-refractivity contribution < 1.29 is 80.7 Å². The topological polar surface area (TPSA) is 220 Å². The Morgan fingerprint density at radius 2 is 0.987 bits per heavy atom. The van der Waals surface area contributed by atoms with Crippen LogP contribution in [-0.4, -0.2) is 106 Å². The van der Waals surface area contributed by atoms with Crippen LogP contribution in [0.25, 0.3) is 0 Å². The van der Waals surface area contributed by atoms with E-state index in [1.807, 2.05) is 20.8 Å². The van der Waals surface area contributed by atoms with Gasteiger partial charge in [-0.3, -0.25) is 43.2 Å². The van der Waals surface area contributed by atoms with Crippen LogP contribution in [0.5, 0.6) is 0 Å². The number of Topliss-reactive ketones (excluding diaryl/α,β-unsaturated/α-hetero) is 2. The Morgan fingerprint density at radius 3 is 1.39 bits per heavy atom. The number of aliphatic hydroxyl groups excluding tert-OH is 1. The molecule has 8 rings (SSSR count). The number of alkyl halides is 2. The maximum Gasteiger partial charge on any atom is 0.306 e. The molecule has 2 unspecified atom stereocenters. The highest BCUT2D eigenvalue weighted by Crippen LogP contribution is 2.73. The van der Waals surface area contributed by atoms with E-state index in [1.54, 1.807) is 60.6 Å². The summed E-state index contributed by atoms with van der Waals surface area (Å²) < 4.78 is 63.5. The SMILES string of the molecule is CCC(=O)OCC(=O)[C@@]1(OC(=O)CC)[C@@H](C)C[C@H]2[C@@H]3CCC4=CC(=O)C=C[C@]4(C)C3(F)[C@@H](O)C[C@@]21C.CCC(=O)OCC(=O)[C@@]1(OC(=O)CC)[C@@H](C)C[C@H]2[C@@H]3CCC4=CC(=O)C=C[C@]4(C)C3(F)[C@@H](OC(C)=O)C[C@@]21C. The van der Waals surface area contributed by atoms with Crippen molar-refractivity contribution in [3.05, 3.63) is 47.6 Å². The number of esters is 5. The van der Waals surface area contributed by atoms with Crippen LogP contribution in [0.15, 0.2) is 47.6 Å². The molecule has 0 aromatic rings. The summed E-state index contributed by atoms with van der Waals surface area (Å²) in [5, 5.41) is 11.5. The Kier molecular flexibility index (Phi) is 15.6. The molecule has 1 N–H and O–H groups in total. The first-order chi connectivity index (χ1) is 35.0. The van der Waals surface area contributed by atoms with Crippen LogP contribution >= 0.6 is 0 Å². The Labute approximate surface area is 438 Å². The third kappa shape index (κ3) is 8.44. The third-order valence-corrected chi connectivity index (χ3v) is 19.9. The predicted molar refractivity (Wildman–Crippen MR) is 266 cm³/mol. The van der Waals surface area contributed by atoms with Gasteiger partial charge in [0.15, 0.2) is 47.3 Å². The van der Waals surface area contributed by atoms with Crippen LogP contribution in [0, 0.1) is 57.2 Å². The smallest absolute Gasteiger partial charge is 0.306 e. The van der Waals surface area contributed by atoms with Gasteiger partial charge in [-0.05, 0) is 101 Å². The molecule has 0 aromatic carbocycles. The zero-order valence-electron chi connectivity index (χ0n) is 45.4. The second-order valence-electron chi connectivity index (χ2n) is 23.4. The van der Waals surface area contributed by atoms with Gasteiger partial charge in [0.25, 0.3) is 0 Å². The summed E-state index contributed by atoms with van der Waals surface area (Å²) in [5.74, 6) is -7.46. The Bertz CT molecular complexity index is 2550. The summed E-state index contributed by atoms with van der Waals surface area (Å²) in [4.78, 5) is 114. The lowest BCUT2D eigenvalue weighted by atomic mass is 9.44. The van der Waals surface area contributed by atoms with Crippen LogP contribution in [-0.2, 0) is 66.8 Å². The van der Waals surface area contributed by atoms with Gasteiger partial charge >= 0.3 is 29.8 Å². The van der Waals surface area contributed by atoms with Crippen molar-refractivity contribution in [2.45, 2.75) is 188 Å². The van der Waals surface area contributed by atoms with E-state index in [0.29, 0.717) is 49.7 Å². The van der Waals surface area contributed by atoms with Gasteiger partial charge in [0.1, 0.15) is 6.10 Å². The minimum Gasteiger partial charge on any atom is -0.459 e. The third-order valence-electron chi connectivity index (χ3n) is 19.9. The van der Waals surface area contributed by atoms with Crippen molar-refractivity contribution in [3.8, 4) is 0 Å². The van der Waals surface area contributed by atoms with Crippen LogP contribution in [0.4, 0.5) is 8.78 Å². The summed E-state index contributed by atoms with van der Waals surface area (Å²) in [7, 11) is 0. The molecule has 0 heterocycles. The molecule has 0 aliphatic heterocycles. The lowest BCUT2D eigenvalue weighted by molar-refractivity contribution is -0.235. The number of allylic oxidation sites excluding steroid dienone is 8. The van der Waals surface area contributed by atoms with Crippen molar-refractivity contribution in [2.75, 3.05) is 13.2 Å². The van der Waals surface area contributed by atoms with Gasteiger partial charge in [-0.15, -0.1) is 0 Å². The average molecular weight is 1050 g/mol. The van der Waals surface area contributed by atoms with Gasteiger partial charge < -0.3 is 28.8 Å². The van der Waals surface area contributed by atoms with E-state index in [-0.39, 0.29) is 56.0 Å². The quantitative estimate of drug-likeness (QED) is 0.136. The van der Waals surface area contributed by atoms with Gasteiger partial charge in [-0.1, -0.05) is 78.7 Å². The highest BCUT2D eigenvalue weighted by molar-refractivity contribution is 6.02. The van der Waals surface area contributed by atoms with Gasteiger partial charge in [-0.25, -0.2) is 8.78 Å². The highest BCUT2D eigenvalue weighted by Gasteiger charge is 2.79. The van der Waals surface area contributed by atoms with Crippen LogP contribution in [0.1, 0.15) is 153 Å². The zero-order chi connectivity index (χ0) is 55.6. The van der Waals surface area contributed by atoms with E-state index >= 15 is 8.78 Å². The second kappa shape index (κ2) is 20.3. The molecular formula is C58H76F2O15. The summed E-state index contributed by atoms with van der Waals surface area (Å²) in [6, 6.07) is 0. The van der Waals surface area contributed by atoms with E-state index in [1.165, 1.54) is 31.2 Å². The first-order valence-corrected chi connectivity index (χ1v) is 27.0. The average Bonchev–Trinajstić information content (AvgIpc) is 3.71. The molecule has 8 aliphatic rings. The van der Waals surface area contributed by atoms with Crippen LogP contribution < -0.4 is 0 Å². The molecule has 75 heavy (non-hydrogen) atoms. The normalized spacial score (nSPS) is 41.7. The molecule has 6 saturated carbocycles. The van der Waals surface area contributed by atoms with Crippen LogP contribution in [0.3, 0.4) is 0 Å². The molecule has 0 bridgehead atoms. The van der Waals surface area contributed by atoms with Crippen molar-refractivity contribution in [1.82, 2.24) is 0 Å². The van der Waals surface area contributed by atoms with Crippen LogP contribution in [0.2, 0.25) is 0 Å². The fraction of sp³-hybridized carbons (Fsp3) is 0.707. The number of ketones is 4. The lowest BCUT2D eigenvalue weighted by Gasteiger charge is -2.63. The molecule has 0 radical (unpaired) electrons. The monoisotopic (exact) mass is 1050 g/mol. The standard InChI is InChI=1S/C30H39FO8.C28H37FO7/c1-7-25(35)37-16-23(34)30(39-26(36)8-2)17(3)13-22-21-10-9-19-14-20(33)11-12-27(19,5)29(21,31)24(38-18(4)32)15-28(22,30)6;1-6-23(33)35-15-22(32)28(36-24(34)7-2)16(3)12-20-19-9-8-17-13-18(30)10-11-25(17,4)27(19,29)21(31)14-26(20,28)5/h11-12,14,17,21-22,24H,7-10,13,15-16H2,1-6H3;10-11,13,16,19-21,31H,6-9,12,14-15H2,1-5H3/t17-,21-,22-,24-,27-,28-,29?,30-;16-,19-,20-,21-,25-,26-,27?,28-/m00/s1. The zero-order valence-corrected chi connectivity index (χ0v) is 45.4. The molecule has 17 heteroatoms. The summed E-state index contributed by atoms with van der Waals surface area (Å²) >= 11 is 0. The lowest BCUT2D eigenvalue weighted by Crippen LogP contribution is -2.70. The fourth-order valence-corrected chi connectivity index (χ4v) is 16.3. The Hall–Kier alpha value is -5.19. The van der Waals surface area contributed by atoms with E-state index in [9.17, 15) is 48.3 Å². The molecule has 0 spiro atoms. The number of hydrogen-bond acceptors (Lipinski definition) is 15. The number of rotatable bonds is 13. The molecule has 15 nitrogen and oxygen atoms in total. The molecule has 6 fully saturated rings. The van der Waals surface area contributed by atoms with Crippen molar-refractivity contribution >= 4 is 53.0 Å². The number of carbonyl (C=O) groups is 9. The molecular weight excluding hydrogens is 975 g/mol. The van der Waals surface area contributed by atoms with Gasteiger partial charge in [0.2, 0.25) is 11.6 Å². The van der Waals surface area contributed by atoms with E-state index in [0.717, 1.165) is 0 Å². The minimum absolute atomic E-state index is 0.0200. The Morgan fingerprint density at radius 1 is 0.600 bits per heavy atom. The first kappa shape index (κ1) is 57.5. The minimum atomic E-state index is -2.06. The number of hydrogen-bond donors (Lipinski definition) is 1. The molecule has 0 amide bonds. The number of ether oxygens (including phenoxy) is 5. The number of halogens is 2. The van der Waals surface area contributed by atoms with Gasteiger partial charge in [0, 0.05) is 77.9 Å². The summed E-state index contributed by atoms with van der Waals surface area (Å²) in [5.41, 5.74) is -10.7. The Balaban J connectivity index is 0.000000219. The molecule has 0 aromatic heterocycles. The van der Waals surface area contributed by atoms with Crippen molar-refractivity contribution in [2.24, 2.45) is 57.2 Å². The molecule has 0 saturated heterocycles. The second-order valence-corrected chi connectivity index (χ2v) is 23.4. The summed E-state index contributed by atoms with van der Waals surface area (Å²) in [6.45, 7) is 17.3. The molecule has 8 aliphatic carbocycles. The van der Waals surface area contributed by atoms with Gasteiger partial charge in [0.05, 0.1) is 6.10 Å². The van der Waals surface area contributed by atoms with E-state index in [4.69, 9.17) is 23.7 Å². The summed E-state index contributed by atoms with van der Waals surface area (Å²) in [6.07, 6.45) is 8.74. The van der Waals surface area contributed by atoms with E-state index in [2.05, 4.69) is 0 Å². The molecule has 16 atom stereocenters. The number of carbonyl (C=O) groups excluding carboxylic acids is 9. The maximum absolute atomic E-state index is 18.0. The van der Waals surface area contributed by atoms with Crippen molar-refractivity contribution in [3.63, 3.8) is 0 Å². The van der Waals surface area contributed by atoms with Gasteiger partial charge in [-0.2, -0.15) is 0 Å². The number of aliphatic hydroxyl groups is 1. The maximum atomic E-state index is 18.0. The van der Waals surface area contributed by atoms with Crippen molar-refractivity contribution in [1.29, 1.82) is 0 Å².